The summed E-state index contributed by atoms with van der Waals surface area (Å²) in [6.07, 6.45) is -0.456. The van der Waals surface area contributed by atoms with E-state index >= 15 is 0 Å². The Balaban J connectivity index is 1.45. The Bertz CT molecular complexity index is 745. The standard InChI is InChI=1S/C23H32N2O3/c1-17-13-18(2)23(19(3)14-17)28-16-21(26)15-24-9-11-25(12-10-24)20-5-7-22(27-4)8-6-20/h5-8,13-14,21,26H,9-12,15-16H2,1-4H3/p+1/t21-/m1/s1. The number of hydrogen-bond acceptors (Lipinski definition) is 4. The van der Waals surface area contributed by atoms with E-state index in [0.29, 0.717) is 6.61 Å². The van der Waals surface area contributed by atoms with Gasteiger partial charge in [-0.15, -0.1) is 0 Å². The number of anilines is 1. The number of aryl methyl sites for hydroxylation is 3. The number of rotatable bonds is 7. The second kappa shape index (κ2) is 9.30. The molecule has 28 heavy (non-hydrogen) atoms. The number of nitrogens with zero attached hydrogens (tertiary/aromatic N) is 1. The number of hydrogen-bond donors (Lipinski definition) is 2. The van der Waals surface area contributed by atoms with Gasteiger partial charge in [0, 0.05) is 5.69 Å². The van der Waals surface area contributed by atoms with Crippen LogP contribution in [-0.2, 0) is 0 Å². The van der Waals surface area contributed by atoms with E-state index in [1.54, 1.807) is 7.11 Å². The Labute approximate surface area is 168 Å². The van der Waals surface area contributed by atoms with E-state index in [1.807, 2.05) is 12.1 Å². The van der Waals surface area contributed by atoms with Crippen molar-refractivity contribution < 1.29 is 19.5 Å². The van der Waals surface area contributed by atoms with Gasteiger partial charge in [-0.05, 0) is 56.2 Å². The molecule has 0 radical (unpaired) electrons. The molecule has 0 spiro atoms. The first-order valence-corrected chi connectivity index (χ1v) is 10.1. The maximum Gasteiger partial charge on any atom is 0.137 e. The molecule has 2 aromatic rings. The van der Waals surface area contributed by atoms with Crippen LogP contribution in [0.3, 0.4) is 0 Å². The average molecular weight is 386 g/mol. The summed E-state index contributed by atoms with van der Waals surface area (Å²) >= 11 is 0. The van der Waals surface area contributed by atoms with E-state index in [4.69, 9.17) is 9.47 Å². The van der Waals surface area contributed by atoms with Crippen molar-refractivity contribution in [3.8, 4) is 11.5 Å². The number of methoxy groups -OCH3 is 1. The summed E-state index contributed by atoms with van der Waals surface area (Å²) in [5.74, 6) is 1.79. The molecule has 0 unspecified atom stereocenters. The maximum absolute atomic E-state index is 10.5. The van der Waals surface area contributed by atoms with Gasteiger partial charge in [0.15, 0.2) is 0 Å². The number of nitrogens with one attached hydrogen (secondary N) is 1. The van der Waals surface area contributed by atoms with Gasteiger partial charge in [0.1, 0.15) is 30.8 Å². The third-order valence-electron chi connectivity index (χ3n) is 5.46. The number of benzene rings is 2. The molecular weight excluding hydrogens is 352 g/mol. The summed E-state index contributed by atoms with van der Waals surface area (Å²) < 4.78 is 11.2. The number of piperazine rings is 1. The van der Waals surface area contributed by atoms with E-state index in [-0.39, 0.29) is 0 Å². The molecule has 0 aliphatic carbocycles. The van der Waals surface area contributed by atoms with Crippen LogP contribution in [0.1, 0.15) is 16.7 Å². The zero-order chi connectivity index (χ0) is 20.1. The Hall–Kier alpha value is -2.24. The highest BCUT2D eigenvalue weighted by atomic mass is 16.5. The lowest BCUT2D eigenvalue weighted by Gasteiger charge is -2.34. The predicted octanol–water partition coefficient (Wildman–Crippen LogP) is 1.77. The fraction of sp³-hybridized carbons (Fsp3) is 0.478. The van der Waals surface area contributed by atoms with Crippen molar-refractivity contribution in [1.82, 2.24) is 0 Å². The number of quaternary nitrogens is 1. The largest absolute Gasteiger partial charge is 0.497 e. The monoisotopic (exact) mass is 385 g/mol. The summed E-state index contributed by atoms with van der Waals surface area (Å²) in [4.78, 5) is 3.82. The van der Waals surface area contributed by atoms with Crippen molar-refractivity contribution in [2.24, 2.45) is 0 Å². The van der Waals surface area contributed by atoms with Gasteiger partial charge in [-0.1, -0.05) is 17.7 Å². The Morgan fingerprint density at radius 3 is 2.21 bits per heavy atom. The first-order chi connectivity index (χ1) is 13.5. The summed E-state index contributed by atoms with van der Waals surface area (Å²) in [6, 6.07) is 12.5. The zero-order valence-corrected chi connectivity index (χ0v) is 17.5. The maximum atomic E-state index is 10.5. The van der Waals surface area contributed by atoms with Gasteiger partial charge in [0.05, 0.1) is 33.3 Å². The van der Waals surface area contributed by atoms with Crippen LogP contribution < -0.4 is 19.3 Å². The van der Waals surface area contributed by atoms with E-state index in [0.717, 1.165) is 55.3 Å². The van der Waals surface area contributed by atoms with Crippen molar-refractivity contribution >= 4 is 5.69 Å². The molecule has 1 fully saturated rings. The third-order valence-corrected chi connectivity index (χ3v) is 5.46. The number of ether oxygens (including phenoxy) is 2. The molecule has 0 bridgehead atoms. The SMILES string of the molecule is COc1ccc(N2CC[NH+](C[C@@H](O)COc3c(C)cc(C)cc3C)CC2)cc1. The quantitative estimate of drug-likeness (QED) is 0.763. The molecule has 1 saturated heterocycles. The minimum atomic E-state index is -0.456. The van der Waals surface area contributed by atoms with Crippen LogP contribution in [0.25, 0.3) is 0 Å². The van der Waals surface area contributed by atoms with Gasteiger partial charge in [-0.25, -0.2) is 0 Å². The normalized spacial score (nSPS) is 16.1. The molecule has 3 rings (SSSR count). The van der Waals surface area contributed by atoms with Gasteiger partial charge in [0.2, 0.25) is 0 Å². The van der Waals surface area contributed by atoms with Crippen LogP contribution in [0.2, 0.25) is 0 Å². The lowest BCUT2D eigenvalue weighted by atomic mass is 10.1. The smallest absolute Gasteiger partial charge is 0.137 e. The summed E-state index contributed by atoms with van der Waals surface area (Å²) in [6.45, 7) is 11.3. The zero-order valence-electron chi connectivity index (χ0n) is 17.5. The first kappa shape index (κ1) is 20.5. The second-order valence-electron chi connectivity index (χ2n) is 7.83. The van der Waals surface area contributed by atoms with Gasteiger partial charge in [0.25, 0.3) is 0 Å². The van der Waals surface area contributed by atoms with Crippen LogP contribution in [0.5, 0.6) is 11.5 Å². The predicted molar refractivity (Wildman–Crippen MR) is 113 cm³/mol. The van der Waals surface area contributed by atoms with Crippen molar-refractivity contribution in [2.75, 3.05) is 51.3 Å². The summed E-state index contributed by atoms with van der Waals surface area (Å²) in [5.41, 5.74) is 4.73. The van der Waals surface area contributed by atoms with Gasteiger partial charge in [-0.2, -0.15) is 0 Å². The highest BCUT2D eigenvalue weighted by Crippen LogP contribution is 2.24. The first-order valence-electron chi connectivity index (χ1n) is 10.1. The van der Waals surface area contributed by atoms with Crippen molar-refractivity contribution in [3.05, 3.63) is 53.1 Å². The Morgan fingerprint density at radius 1 is 1.04 bits per heavy atom. The lowest BCUT2D eigenvalue weighted by molar-refractivity contribution is -0.903. The van der Waals surface area contributed by atoms with Crippen molar-refractivity contribution in [2.45, 2.75) is 26.9 Å². The molecule has 5 nitrogen and oxygen atoms in total. The van der Waals surface area contributed by atoms with Gasteiger partial charge < -0.3 is 24.4 Å². The van der Waals surface area contributed by atoms with Crippen LogP contribution >= 0.6 is 0 Å². The van der Waals surface area contributed by atoms with Crippen LogP contribution in [-0.4, -0.2) is 57.7 Å². The molecule has 0 aromatic heterocycles. The molecule has 1 aliphatic heterocycles. The van der Waals surface area contributed by atoms with Crippen molar-refractivity contribution in [1.29, 1.82) is 0 Å². The fourth-order valence-electron chi connectivity index (χ4n) is 4.04. The number of aliphatic hydroxyl groups is 1. The third kappa shape index (κ3) is 5.18. The molecule has 1 aliphatic rings. The van der Waals surface area contributed by atoms with E-state index in [1.165, 1.54) is 16.2 Å². The van der Waals surface area contributed by atoms with Gasteiger partial charge >= 0.3 is 0 Å². The molecular formula is C23H33N2O3+. The van der Waals surface area contributed by atoms with E-state index in [2.05, 4.69) is 49.9 Å². The average Bonchev–Trinajstić information content (AvgIpc) is 2.68. The summed E-state index contributed by atoms with van der Waals surface area (Å²) in [5, 5.41) is 10.5. The van der Waals surface area contributed by atoms with Crippen LogP contribution in [0, 0.1) is 20.8 Å². The van der Waals surface area contributed by atoms with Gasteiger partial charge in [-0.3, -0.25) is 0 Å². The van der Waals surface area contributed by atoms with Crippen LogP contribution in [0.4, 0.5) is 5.69 Å². The fourth-order valence-corrected chi connectivity index (χ4v) is 4.04. The Morgan fingerprint density at radius 2 is 1.64 bits per heavy atom. The summed E-state index contributed by atoms with van der Waals surface area (Å²) in [7, 11) is 1.69. The minimum Gasteiger partial charge on any atom is -0.497 e. The second-order valence-corrected chi connectivity index (χ2v) is 7.83. The molecule has 0 saturated carbocycles. The van der Waals surface area contributed by atoms with E-state index in [9.17, 15) is 5.11 Å². The lowest BCUT2D eigenvalue weighted by Crippen LogP contribution is -3.16. The van der Waals surface area contributed by atoms with Crippen LogP contribution in [0.15, 0.2) is 36.4 Å². The minimum absolute atomic E-state index is 0.344. The molecule has 1 atom stereocenters. The number of aliphatic hydroxyl groups excluding tert-OH is 1. The highest BCUT2D eigenvalue weighted by molar-refractivity contribution is 5.49. The molecule has 152 valence electrons. The van der Waals surface area contributed by atoms with Crippen molar-refractivity contribution in [3.63, 3.8) is 0 Å². The molecule has 5 heteroatoms. The molecule has 0 amide bonds. The molecule has 2 N–H and O–H groups in total. The topological polar surface area (TPSA) is 46.4 Å². The Kier molecular flexibility index (Phi) is 6.81. The molecule has 1 heterocycles. The van der Waals surface area contributed by atoms with E-state index < -0.39 is 6.10 Å². The molecule has 2 aromatic carbocycles. The highest BCUT2D eigenvalue weighted by Gasteiger charge is 2.23.